The summed E-state index contributed by atoms with van der Waals surface area (Å²) in [5.74, 6) is 2.41. The Labute approximate surface area is 152 Å². The fourth-order valence-corrected chi connectivity index (χ4v) is 2.68. The molecular weight excluding hydrogens is 336 g/mol. The van der Waals surface area contributed by atoms with Gasteiger partial charge in [0.2, 0.25) is 5.88 Å². The fourth-order valence-electron chi connectivity index (χ4n) is 2.51. The third-order valence-electron chi connectivity index (χ3n) is 3.88. The number of nitrogens with zero attached hydrogens (tertiary/aromatic N) is 1. The molecule has 0 aliphatic rings. The lowest BCUT2D eigenvalue weighted by atomic mass is 10.1. The monoisotopic (exact) mass is 356 g/mol. The third-order valence-corrected chi connectivity index (χ3v) is 4.29. The lowest BCUT2D eigenvalue weighted by Gasteiger charge is -2.06. The van der Waals surface area contributed by atoms with Gasteiger partial charge in [-0.3, -0.25) is 0 Å². The molecule has 2 heterocycles. The second-order valence-electron chi connectivity index (χ2n) is 5.73. The molecule has 0 saturated carbocycles. The second-order valence-corrected chi connectivity index (χ2v) is 6.13. The SMILES string of the molecule is Cc1c(Cl)cccc1-c1ccc(CNCCCOc2ccccn2)o1. The molecule has 0 aliphatic carbocycles. The van der Waals surface area contributed by atoms with Crippen molar-refractivity contribution >= 4 is 11.6 Å². The van der Waals surface area contributed by atoms with Gasteiger partial charge in [-0.05, 0) is 49.7 Å². The van der Waals surface area contributed by atoms with Crippen LogP contribution in [-0.2, 0) is 6.54 Å². The summed E-state index contributed by atoms with van der Waals surface area (Å²) in [6.07, 6.45) is 2.63. The van der Waals surface area contributed by atoms with Crippen molar-refractivity contribution < 1.29 is 9.15 Å². The molecule has 2 aromatic heterocycles. The molecule has 3 rings (SSSR count). The van der Waals surface area contributed by atoms with Crippen LogP contribution in [0.3, 0.4) is 0 Å². The summed E-state index contributed by atoms with van der Waals surface area (Å²) < 4.78 is 11.5. The Bertz CT molecular complexity index is 802. The first kappa shape index (κ1) is 17.5. The van der Waals surface area contributed by atoms with E-state index in [2.05, 4.69) is 10.3 Å². The van der Waals surface area contributed by atoms with E-state index in [1.165, 1.54) is 0 Å². The van der Waals surface area contributed by atoms with E-state index >= 15 is 0 Å². The van der Waals surface area contributed by atoms with Gasteiger partial charge in [-0.1, -0.05) is 29.8 Å². The van der Waals surface area contributed by atoms with Gasteiger partial charge in [0.15, 0.2) is 0 Å². The van der Waals surface area contributed by atoms with Crippen molar-refractivity contribution in [2.75, 3.05) is 13.2 Å². The van der Waals surface area contributed by atoms with Gasteiger partial charge < -0.3 is 14.5 Å². The number of hydrogen-bond donors (Lipinski definition) is 1. The van der Waals surface area contributed by atoms with Crippen molar-refractivity contribution in [3.63, 3.8) is 0 Å². The van der Waals surface area contributed by atoms with Crippen LogP contribution < -0.4 is 10.1 Å². The number of pyridine rings is 1. The molecule has 0 fully saturated rings. The normalized spacial score (nSPS) is 10.8. The van der Waals surface area contributed by atoms with E-state index in [0.29, 0.717) is 19.0 Å². The number of hydrogen-bond acceptors (Lipinski definition) is 4. The molecule has 0 atom stereocenters. The molecule has 0 saturated heterocycles. The van der Waals surface area contributed by atoms with Crippen molar-refractivity contribution in [2.45, 2.75) is 19.9 Å². The number of ether oxygens (including phenoxy) is 1. The molecule has 25 heavy (non-hydrogen) atoms. The molecule has 0 spiro atoms. The van der Waals surface area contributed by atoms with Crippen LogP contribution in [0, 0.1) is 6.92 Å². The average molecular weight is 357 g/mol. The van der Waals surface area contributed by atoms with Crippen molar-refractivity contribution in [3.8, 4) is 17.2 Å². The molecule has 5 heteroatoms. The first-order valence-electron chi connectivity index (χ1n) is 8.33. The zero-order valence-corrected chi connectivity index (χ0v) is 14.9. The maximum atomic E-state index is 6.18. The molecule has 0 radical (unpaired) electrons. The van der Waals surface area contributed by atoms with Crippen molar-refractivity contribution in [2.24, 2.45) is 0 Å². The van der Waals surface area contributed by atoms with Gasteiger partial charge in [0, 0.05) is 22.8 Å². The Balaban J connectivity index is 1.42. The number of nitrogens with one attached hydrogen (secondary N) is 1. The Morgan fingerprint density at radius 2 is 2.04 bits per heavy atom. The Hall–Kier alpha value is -2.30. The van der Waals surface area contributed by atoms with Crippen molar-refractivity contribution in [1.29, 1.82) is 0 Å². The third kappa shape index (κ3) is 4.84. The quantitative estimate of drug-likeness (QED) is 0.585. The Kier molecular flexibility index (Phi) is 6.09. The van der Waals surface area contributed by atoms with Crippen LogP contribution in [-0.4, -0.2) is 18.1 Å². The predicted octanol–water partition coefficient (Wildman–Crippen LogP) is 4.86. The Morgan fingerprint density at radius 3 is 2.88 bits per heavy atom. The van der Waals surface area contributed by atoms with E-state index < -0.39 is 0 Å². The molecule has 3 aromatic rings. The van der Waals surface area contributed by atoms with Crippen LogP contribution >= 0.6 is 11.6 Å². The lowest BCUT2D eigenvalue weighted by molar-refractivity contribution is 0.296. The van der Waals surface area contributed by atoms with E-state index in [-0.39, 0.29) is 0 Å². The molecular formula is C20H21ClN2O2. The first-order chi connectivity index (χ1) is 12.2. The summed E-state index contributed by atoms with van der Waals surface area (Å²) in [4.78, 5) is 4.12. The highest BCUT2D eigenvalue weighted by Gasteiger charge is 2.09. The highest BCUT2D eigenvalue weighted by molar-refractivity contribution is 6.31. The minimum Gasteiger partial charge on any atom is -0.478 e. The number of halogens is 1. The maximum absolute atomic E-state index is 6.18. The number of rotatable bonds is 8. The van der Waals surface area contributed by atoms with Gasteiger partial charge in [0.1, 0.15) is 11.5 Å². The van der Waals surface area contributed by atoms with E-state index in [9.17, 15) is 0 Å². The molecule has 0 amide bonds. The standard InChI is InChI=1S/C20H21ClN2O2/c1-15-17(6-4-7-18(15)21)19-10-9-16(25-19)14-22-11-5-13-24-20-8-2-3-12-23-20/h2-4,6-10,12,22H,5,11,13-14H2,1H3. The van der Waals surface area contributed by atoms with E-state index in [4.69, 9.17) is 20.8 Å². The summed E-state index contributed by atoms with van der Waals surface area (Å²) in [5.41, 5.74) is 2.06. The molecule has 1 N–H and O–H groups in total. The highest BCUT2D eigenvalue weighted by Crippen LogP contribution is 2.29. The number of benzene rings is 1. The fraction of sp³-hybridized carbons (Fsp3) is 0.250. The average Bonchev–Trinajstić information content (AvgIpc) is 3.10. The molecule has 1 aromatic carbocycles. The Morgan fingerprint density at radius 1 is 1.12 bits per heavy atom. The molecule has 0 unspecified atom stereocenters. The van der Waals surface area contributed by atoms with E-state index in [1.54, 1.807) is 6.20 Å². The smallest absolute Gasteiger partial charge is 0.213 e. The van der Waals surface area contributed by atoms with Gasteiger partial charge in [0.05, 0.1) is 13.2 Å². The largest absolute Gasteiger partial charge is 0.478 e. The van der Waals surface area contributed by atoms with Gasteiger partial charge >= 0.3 is 0 Å². The number of aromatic nitrogens is 1. The molecule has 130 valence electrons. The molecule has 0 bridgehead atoms. The van der Waals surface area contributed by atoms with Crippen LogP contribution in [0.25, 0.3) is 11.3 Å². The van der Waals surface area contributed by atoms with Gasteiger partial charge in [-0.2, -0.15) is 0 Å². The lowest BCUT2D eigenvalue weighted by Crippen LogP contribution is -2.16. The van der Waals surface area contributed by atoms with Crippen LogP contribution in [0.1, 0.15) is 17.7 Å². The first-order valence-corrected chi connectivity index (χ1v) is 8.70. The number of furan rings is 1. The minimum absolute atomic E-state index is 0.634. The van der Waals surface area contributed by atoms with Crippen molar-refractivity contribution in [1.82, 2.24) is 10.3 Å². The van der Waals surface area contributed by atoms with Crippen LogP contribution in [0.15, 0.2) is 59.1 Å². The summed E-state index contributed by atoms with van der Waals surface area (Å²) in [6, 6.07) is 15.5. The molecule has 0 aliphatic heterocycles. The zero-order chi connectivity index (χ0) is 17.5. The van der Waals surface area contributed by atoms with Gasteiger partial charge in [0.25, 0.3) is 0 Å². The van der Waals surface area contributed by atoms with E-state index in [0.717, 1.165) is 40.6 Å². The zero-order valence-electron chi connectivity index (χ0n) is 14.2. The van der Waals surface area contributed by atoms with Crippen LogP contribution in [0.2, 0.25) is 5.02 Å². The topological polar surface area (TPSA) is 47.3 Å². The van der Waals surface area contributed by atoms with Crippen LogP contribution in [0.5, 0.6) is 5.88 Å². The summed E-state index contributed by atoms with van der Waals surface area (Å²) in [6.45, 7) is 4.16. The highest BCUT2D eigenvalue weighted by atomic mass is 35.5. The summed E-state index contributed by atoms with van der Waals surface area (Å²) in [5, 5.41) is 4.11. The summed E-state index contributed by atoms with van der Waals surface area (Å²) >= 11 is 6.18. The van der Waals surface area contributed by atoms with E-state index in [1.807, 2.05) is 55.5 Å². The maximum Gasteiger partial charge on any atom is 0.213 e. The predicted molar refractivity (Wildman–Crippen MR) is 99.9 cm³/mol. The van der Waals surface area contributed by atoms with Crippen LogP contribution in [0.4, 0.5) is 0 Å². The van der Waals surface area contributed by atoms with Crippen molar-refractivity contribution in [3.05, 3.63) is 71.1 Å². The minimum atomic E-state index is 0.634. The second kappa shape index (κ2) is 8.70. The van der Waals surface area contributed by atoms with Gasteiger partial charge in [-0.25, -0.2) is 4.98 Å². The summed E-state index contributed by atoms with van der Waals surface area (Å²) in [7, 11) is 0. The van der Waals surface area contributed by atoms with Gasteiger partial charge in [-0.15, -0.1) is 0 Å². The molecule has 4 nitrogen and oxygen atoms in total.